The highest BCUT2D eigenvalue weighted by Crippen LogP contribution is 2.29. The largest absolute Gasteiger partial charge is 0.493 e. The van der Waals surface area contributed by atoms with Crippen LogP contribution in [0.4, 0.5) is 5.69 Å². The zero-order valence-corrected chi connectivity index (χ0v) is 17.7. The average molecular weight is 496 g/mol. The highest BCUT2D eigenvalue weighted by atomic mass is 127. The molecule has 2 aromatic carbocycles. The Labute approximate surface area is 174 Å². The zero-order chi connectivity index (χ0) is 17.5. The zero-order valence-electron chi connectivity index (χ0n) is 13.9. The summed E-state index contributed by atoms with van der Waals surface area (Å²) in [5, 5.41) is 4.24. The van der Waals surface area contributed by atoms with Crippen molar-refractivity contribution in [3.8, 4) is 11.5 Å². The van der Waals surface area contributed by atoms with Gasteiger partial charge in [-0.15, -0.1) is 24.0 Å². The van der Waals surface area contributed by atoms with Crippen LogP contribution in [-0.4, -0.2) is 26.7 Å². The first-order chi connectivity index (χ1) is 11.5. The van der Waals surface area contributed by atoms with Gasteiger partial charge in [-0.2, -0.15) is 0 Å². The fourth-order valence-corrected chi connectivity index (χ4v) is 2.73. The van der Waals surface area contributed by atoms with Crippen LogP contribution in [0.2, 0.25) is 10.0 Å². The number of nitrogens with two attached hydrogens (primary N) is 1. The summed E-state index contributed by atoms with van der Waals surface area (Å²) in [5.41, 5.74) is 7.68. The second kappa shape index (κ2) is 10.6. The molecule has 0 fully saturated rings. The van der Waals surface area contributed by atoms with Crippen molar-refractivity contribution in [3.63, 3.8) is 0 Å². The molecular formula is C17H20Cl2IN3O2. The number of rotatable bonds is 6. The molecule has 25 heavy (non-hydrogen) atoms. The molecule has 0 aliphatic rings. The lowest BCUT2D eigenvalue weighted by atomic mass is 10.1. The Morgan fingerprint density at radius 3 is 2.28 bits per heavy atom. The molecule has 0 heterocycles. The van der Waals surface area contributed by atoms with Crippen molar-refractivity contribution < 1.29 is 9.47 Å². The van der Waals surface area contributed by atoms with Crippen LogP contribution in [0.3, 0.4) is 0 Å². The van der Waals surface area contributed by atoms with E-state index in [9.17, 15) is 0 Å². The normalized spacial score (nSPS) is 10.8. The number of guanidine groups is 1. The minimum absolute atomic E-state index is 0. The quantitative estimate of drug-likeness (QED) is 0.349. The molecule has 2 aromatic rings. The van der Waals surface area contributed by atoms with Gasteiger partial charge in [0.25, 0.3) is 0 Å². The minimum atomic E-state index is 0. The molecule has 0 bridgehead atoms. The maximum atomic E-state index is 5.97. The van der Waals surface area contributed by atoms with Gasteiger partial charge in [0.1, 0.15) is 0 Å². The molecule has 5 nitrogen and oxygen atoms in total. The third-order valence-electron chi connectivity index (χ3n) is 3.26. The lowest BCUT2D eigenvalue weighted by molar-refractivity contribution is 0.355. The predicted octanol–water partition coefficient (Wildman–Crippen LogP) is 4.60. The van der Waals surface area contributed by atoms with Gasteiger partial charge in [0.15, 0.2) is 17.5 Å². The molecule has 0 amide bonds. The number of ether oxygens (including phenoxy) is 2. The number of aliphatic imine (C=N–C) groups is 1. The van der Waals surface area contributed by atoms with Crippen LogP contribution in [-0.2, 0) is 6.42 Å². The van der Waals surface area contributed by atoms with Gasteiger partial charge in [0.05, 0.1) is 14.2 Å². The van der Waals surface area contributed by atoms with Crippen molar-refractivity contribution in [3.05, 3.63) is 52.0 Å². The van der Waals surface area contributed by atoms with E-state index in [2.05, 4.69) is 10.3 Å². The van der Waals surface area contributed by atoms with Gasteiger partial charge in [-0.05, 0) is 42.3 Å². The van der Waals surface area contributed by atoms with E-state index >= 15 is 0 Å². The SMILES string of the molecule is COc1ccc(NC(N)=NCCc2cc(Cl)cc(Cl)c2)cc1OC.I. The Morgan fingerprint density at radius 2 is 1.68 bits per heavy atom. The molecule has 0 unspecified atom stereocenters. The Balaban J connectivity index is 0.00000312. The van der Waals surface area contributed by atoms with Crippen molar-refractivity contribution >= 4 is 58.8 Å². The summed E-state index contributed by atoms with van der Waals surface area (Å²) in [7, 11) is 3.16. The Morgan fingerprint density at radius 1 is 1.04 bits per heavy atom. The third-order valence-corrected chi connectivity index (χ3v) is 3.70. The maximum absolute atomic E-state index is 5.97. The molecule has 136 valence electrons. The second-order valence-corrected chi connectivity index (χ2v) is 5.86. The molecule has 8 heteroatoms. The lowest BCUT2D eigenvalue weighted by Crippen LogP contribution is -2.23. The number of anilines is 1. The number of nitrogens with one attached hydrogen (secondary N) is 1. The summed E-state index contributed by atoms with van der Waals surface area (Å²) in [6.07, 6.45) is 0.689. The molecule has 0 atom stereocenters. The van der Waals surface area contributed by atoms with Crippen molar-refractivity contribution in [2.75, 3.05) is 26.1 Å². The van der Waals surface area contributed by atoms with Gasteiger partial charge in [0, 0.05) is 28.3 Å². The van der Waals surface area contributed by atoms with E-state index in [1.165, 1.54) is 0 Å². The molecule has 3 N–H and O–H groups in total. The summed E-state index contributed by atoms with van der Waals surface area (Å²) < 4.78 is 10.4. The monoisotopic (exact) mass is 495 g/mol. The summed E-state index contributed by atoms with van der Waals surface area (Å²) in [6.45, 7) is 0.517. The number of hydrogen-bond donors (Lipinski definition) is 2. The van der Waals surface area contributed by atoms with Crippen molar-refractivity contribution in [2.45, 2.75) is 6.42 Å². The highest BCUT2D eigenvalue weighted by Gasteiger charge is 2.05. The summed E-state index contributed by atoms with van der Waals surface area (Å²) in [6, 6.07) is 10.8. The number of nitrogens with zero attached hydrogens (tertiary/aromatic N) is 1. The molecule has 0 aliphatic carbocycles. The van der Waals surface area contributed by atoms with E-state index in [0.717, 1.165) is 11.3 Å². The second-order valence-electron chi connectivity index (χ2n) is 4.99. The van der Waals surface area contributed by atoms with Crippen LogP contribution < -0.4 is 20.5 Å². The number of methoxy groups -OCH3 is 2. The topological polar surface area (TPSA) is 68.9 Å². The fraction of sp³-hybridized carbons (Fsp3) is 0.235. The molecule has 0 radical (unpaired) electrons. The average Bonchev–Trinajstić information content (AvgIpc) is 2.53. The van der Waals surface area contributed by atoms with E-state index < -0.39 is 0 Å². The van der Waals surface area contributed by atoms with Crippen molar-refractivity contribution in [1.29, 1.82) is 0 Å². The molecule has 0 saturated carbocycles. The van der Waals surface area contributed by atoms with Gasteiger partial charge in [-0.1, -0.05) is 23.2 Å². The van der Waals surface area contributed by atoms with Crippen LogP contribution in [0.1, 0.15) is 5.56 Å². The Kier molecular flexibility index (Phi) is 9.16. The minimum Gasteiger partial charge on any atom is -0.493 e. The first kappa shape index (κ1) is 21.7. The maximum Gasteiger partial charge on any atom is 0.193 e. The molecule has 2 rings (SSSR count). The molecular weight excluding hydrogens is 476 g/mol. The first-order valence-corrected chi connectivity index (χ1v) is 8.01. The Hall–Kier alpha value is -1.38. The van der Waals surface area contributed by atoms with Gasteiger partial charge >= 0.3 is 0 Å². The van der Waals surface area contributed by atoms with E-state index in [0.29, 0.717) is 40.5 Å². The van der Waals surface area contributed by atoms with Crippen LogP contribution in [0, 0.1) is 0 Å². The third kappa shape index (κ3) is 6.80. The first-order valence-electron chi connectivity index (χ1n) is 7.25. The van der Waals surface area contributed by atoms with Gasteiger partial charge < -0.3 is 20.5 Å². The molecule has 0 aliphatic heterocycles. The summed E-state index contributed by atoms with van der Waals surface area (Å²) >= 11 is 11.9. The fourth-order valence-electron chi connectivity index (χ4n) is 2.16. The predicted molar refractivity (Wildman–Crippen MR) is 115 cm³/mol. The number of halogens is 3. The number of hydrogen-bond acceptors (Lipinski definition) is 3. The van der Waals surface area contributed by atoms with Gasteiger partial charge in [0.2, 0.25) is 0 Å². The molecule has 0 spiro atoms. The van der Waals surface area contributed by atoms with Crippen LogP contribution in [0.5, 0.6) is 11.5 Å². The van der Waals surface area contributed by atoms with Crippen molar-refractivity contribution in [2.24, 2.45) is 10.7 Å². The lowest BCUT2D eigenvalue weighted by Gasteiger charge is -2.11. The molecule has 0 saturated heterocycles. The van der Waals surface area contributed by atoms with Crippen molar-refractivity contribution in [1.82, 2.24) is 0 Å². The smallest absolute Gasteiger partial charge is 0.193 e. The van der Waals surface area contributed by atoms with Crippen LogP contribution >= 0.6 is 47.2 Å². The summed E-state index contributed by atoms with van der Waals surface area (Å²) in [4.78, 5) is 4.30. The number of benzene rings is 2. The standard InChI is InChI=1S/C17H19Cl2N3O2.HI/c1-23-15-4-3-14(10-16(15)24-2)22-17(20)21-6-5-11-7-12(18)9-13(19)8-11;/h3-4,7-10H,5-6H2,1-2H3,(H3,20,21,22);1H. The van der Waals surface area contributed by atoms with Crippen LogP contribution in [0.25, 0.3) is 0 Å². The van der Waals surface area contributed by atoms with Crippen LogP contribution in [0.15, 0.2) is 41.4 Å². The molecule has 0 aromatic heterocycles. The van der Waals surface area contributed by atoms with Gasteiger partial charge in [-0.25, -0.2) is 0 Å². The van der Waals surface area contributed by atoms with Gasteiger partial charge in [-0.3, -0.25) is 4.99 Å². The van der Waals surface area contributed by atoms with E-state index in [1.807, 2.05) is 18.2 Å². The Bertz CT molecular complexity index is 722. The van der Waals surface area contributed by atoms with E-state index in [1.54, 1.807) is 32.4 Å². The van der Waals surface area contributed by atoms with E-state index in [4.69, 9.17) is 38.4 Å². The summed E-state index contributed by atoms with van der Waals surface area (Å²) in [5.74, 6) is 1.58. The van der Waals surface area contributed by atoms with E-state index in [-0.39, 0.29) is 24.0 Å². The highest BCUT2D eigenvalue weighted by molar-refractivity contribution is 14.0.